The Morgan fingerprint density at radius 2 is 2.07 bits per heavy atom. The first-order chi connectivity index (χ1) is 6.61. The fourth-order valence-electron chi connectivity index (χ4n) is 0.870. The Hall–Kier alpha value is -1.10. The minimum absolute atomic E-state index is 0.351. The van der Waals surface area contributed by atoms with E-state index in [0.717, 1.165) is 12.8 Å². The molecule has 0 radical (unpaired) electrons. The molecule has 1 unspecified atom stereocenters. The van der Waals surface area contributed by atoms with E-state index in [1.807, 2.05) is 6.92 Å². The molecule has 0 bridgehead atoms. The van der Waals surface area contributed by atoms with Crippen LogP contribution in [0.5, 0.6) is 0 Å². The zero-order valence-electron chi connectivity index (χ0n) is 8.49. The largest absolute Gasteiger partial charge is 0.481 e. The highest BCUT2D eigenvalue weighted by atomic mass is 16.6. The number of carboxylic acids is 1. The highest BCUT2D eigenvalue weighted by molar-refractivity contribution is 5.80. The van der Waals surface area contributed by atoms with Gasteiger partial charge in [0.25, 0.3) is 0 Å². The van der Waals surface area contributed by atoms with Gasteiger partial charge in [-0.15, -0.1) is 0 Å². The van der Waals surface area contributed by atoms with Gasteiger partial charge < -0.3 is 14.6 Å². The first-order valence-corrected chi connectivity index (χ1v) is 4.53. The Kier molecular flexibility index (Phi) is 6.74. The van der Waals surface area contributed by atoms with E-state index in [2.05, 4.69) is 4.74 Å². The normalized spacial score (nSPS) is 12.1. The van der Waals surface area contributed by atoms with Gasteiger partial charge in [-0.2, -0.15) is 0 Å². The molecule has 0 amide bonds. The molecule has 0 heterocycles. The molecule has 0 aromatic heterocycles. The van der Waals surface area contributed by atoms with E-state index >= 15 is 0 Å². The minimum Gasteiger partial charge on any atom is -0.481 e. The predicted molar refractivity (Wildman–Crippen MR) is 48.9 cm³/mol. The molecule has 5 heteroatoms. The molecule has 0 aliphatic heterocycles. The van der Waals surface area contributed by atoms with Crippen molar-refractivity contribution in [2.45, 2.75) is 32.3 Å². The highest BCUT2D eigenvalue weighted by Gasteiger charge is 2.22. The zero-order chi connectivity index (χ0) is 11.0. The molecule has 0 aromatic carbocycles. The van der Waals surface area contributed by atoms with E-state index in [0.29, 0.717) is 6.61 Å². The molecular weight excluding hydrogens is 188 g/mol. The van der Waals surface area contributed by atoms with Gasteiger partial charge in [0.1, 0.15) is 0 Å². The number of methoxy groups -OCH3 is 1. The standard InChI is InChI=1S/C9H16O5/c1-3-4-5-14-7(6-8(10)11)9(12)13-2/h7H,3-6H2,1-2H3,(H,10,11). The van der Waals surface area contributed by atoms with E-state index < -0.39 is 18.0 Å². The Balaban J connectivity index is 3.97. The SMILES string of the molecule is CCCCOC(CC(=O)O)C(=O)OC. The Bertz CT molecular complexity index is 190. The Labute approximate surface area is 83.0 Å². The predicted octanol–water partition coefficient (Wildman–Crippen LogP) is 0.819. The lowest BCUT2D eigenvalue weighted by molar-refractivity contribution is -0.159. The molecule has 0 saturated carbocycles. The van der Waals surface area contributed by atoms with Crippen molar-refractivity contribution in [3.63, 3.8) is 0 Å². The van der Waals surface area contributed by atoms with E-state index in [4.69, 9.17) is 9.84 Å². The van der Waals surface area contributed by atoms with Crippen LogP contribution in [0, 0.1) is 0 Å². The molecule has 0 spiro atoms. The van der Waals surface area contributed by atoms with Gasteiger partial charge in [-0.1, -0.05) is 13.3 Å². The van der Waals surface area contributed by atoms with E-state index in [-0.39, 0.29) is 6.42 Å². The second kappa shape index (κ2) is 7.32. The van der Waals surface area contributed by atoms with Crippen molar-refractivity contribution in [3.8, 4) is 0 Å². The number of hydrogen-bond acceptors (Lipinski definition) is 4. The molecule has 0 aliphatic carbocycles. The van der Waals surface area contributed by atoms with Crippen molar-refractivity contribution in [3.05, 3.63) is 0 Å². The number of carboxylic acid groups (broad SMARTS) is 1. The van der Waals surface area contributed by atoms with Gasteiger partial charge >= 0.3 is 11.9 Å². The topological polar surface area (TPSA) is 72.8 Å². The van der Waals surface area contributed by atoms with E-state index in [9.17, 15) is 9.59 Å². The summed E-state index contributed by atoms with van der Waals surface area (Å²) in [6.45, 7) is 2.36. The van der Waals surface area contributed by atoms with Crippen LogP contribution in [0.25, 0.3) is 0 Å². The van der Waals surface area contributed by atoms with Crippen LogP contribution in [0.15, 0.2) is 0 Å². The number of hydrogen-bond donors (Lipinski definition) is 1. The lowest BCUT2D eigenvalue weighted by atomic mass is 10.2. The van der Waals surface area contributed by atoms with Crippen molar-refractivity contribution < 1.29 is 24.2 Å². The number of carbonyl (C=O) groups excluding carboxylic acids is 1. The third-order valence-electron chi connectivity index (χ3n) is 1.64. The molecule has 1 N–H and O–H groups in total. The van der Waals surface area contributed by atoms with Crippen molar-refractivity contribution in [2.24, 2.45) is 0 Å². The molecule has 14 heavy (non-hydrogen) atoms. The van der Waals surface area contributed by atoms with Gasteiger partial charge in [-0.3, -0.25) is 4.79 Å². The van der Waals surface area contributed by atoms with Crippen LogP contribution < -0.4 is 0 Å². The van der Waals surface area contributed by atoms with Crippen LogP contribution in [0.4, 0.5) is 0 Å². The second-order valence-electron chi connectivity index (χ2n) is 2.83. The molecule has 0 aliphatic rings. The average Bonchev–Trinajstić information content (AvgIpc) is 2.15. The van der Waals surface area contributed by atoms with Gasteiger partial charge in [0.15, 0.2) is 6.10 Å². The molecule has 0 saturated heterocycles. The summed E-state index contributed by atoms with van der Waals surface area (Å²) in [6.07, 6.45) is 0.397. The van der Waals surface area contributed by atoms with Gasteiger partial charge in [0.2, 0.25) is 0 Å². The molecule has 5 nitrogen and oxygen atoms in total. The van der Waals surface area contributed by atoms with Gasteiger partial charge in [-0.05, 0) is 6.42 Å². The monoisotopic (exact) mass is 204 g/mol. The molecule has 1 atom stereocenters. The first-order valence-electron chi connectivity index (χ1n) is 4.53. The third-order valence-corrected chi connectivity index (χ3v) is 1.64. The number of rotatable bonds is 7. The summed E-state index contributed by atoms with van der Waals surface area (Å²) in [5.41, 5.74) is 0. The summed E-state index contributed by atoms with van der Waals surface area (Å²) >= 11 is 0. The van der Waals surface area contributed by atoms with Crippen molar-refractivity contribution in [1.82, 2.24) is 0 Å². The zero-order valence-corrected chi connectivity index (χ0v) is 8.49. The van der Waals surface area contributed by atoms with Crippen LogP contribution in [0.3, 0.4) is 0 Å². The van der Waals surface area contributed by atoms with E-state index in [1.165, 1.54) is 7.11 Å². The second-order valence-corrected chi connectivity index (χ2v) is 2.83. The Morgan fingerprint density at radius 1 is 1.43 bits per heavy atom. The minimum atomic E-state index is -1.07. The smallest absolute Gasteiger partial charge is 0.335 e. The first kappa shape index (κ1) is 12.9. The lowest BCUT2D eigenvalue weighted by Crippen LogP contribution is -2.28. The fourth-order valence-corrected chi connectivity index (χ4v) is 0.870. The maximum atomic E-state index is 11.0. The van der Waals surface area contributed by atoms with Gasteiger partial charge in [-0.25, -0.2) is 4.79 Å². The molecule has 82 valence electrons. The summed E-state index contributed by atoms with van der Waals surface area (Å²) in [5, 5.41) is 8.50. The lowest BCUT2D eigenvalue weighted by Gasteiger charge is -2.12. The summed E-state index contributed by atoms with van der Waals surface area (Å²) in [5.74, 6) is -1.71. The average molecular weight is 204 g/mol. The molecule has 0 aromatic rings. The van der Waals surface area contributed by atoms with Crippen LogP contribution in [0.2, 0.25) is 0 Å². The Morgan fingerprint density at radius 3 is 2.50 bits per heavy atom. The van der Waals surface area contributed by atoms with Crippen molar-refractivity contribution in [2.75, 3.05) is 13.7 Å². The van der Waals surface area contributed by atoms with Gasteiger partial charge in [0.05, 0.1) is 13.5 Å². The van der Waals surface area contributed by atoms with Crippen LogP contribution in [-0.2, 0) is 19.1 Å². The summed E-state index contributed by atoms with van der Waals surface area (Å²) in [7, 11) is 1.21. The molecule has 0 fully saturated rings. The summed E-state index contributed by atoms with van der Waals surface area (Å²) < 4.78 is 9.51. The van der Waals surface area contributed by atoms with Crippen molar-refractivity contribution >= 4 is 11.9 Å². The number of esters is 1. The maximum absolute atomic E-state index is 11.0. The highest BCUT2D eigenvalue weighted by Crippen LogP contribution is 2.03. The van der Waals surface area contributed by atoms with Crippen molar-refractivity contribution in [1.29, 1.82) is 0 Å². The quantitative estimate of drug-likeness (QED) is 0.491. The maximum Gasteiger partial charge on any atom is 0.335 e. The number of carbonyl (C=O) groups is 2. The number of aliphatic carboxylic acids is 1. The van der Waals surface area contributed by atoms with Crippen LogP contribution in [0.1, 0.15) is 26.2 Å². The van der Waals surface area contributed by atoms with Crippen LogP contribution in [-0.4, -0.2) is 36.9 Å². The fraction of sp³-hybridized carbons (Fsp3) is 0.778. The van der Waals surface area contributed by atoms with Crippen LogP contribution >= 0.6 is 0 Å². The van der Waals surface area contributed by atoms with Gasteiger partial charge in [0, 0.05) is 6.61 Å². The molecular formula is C9H16O5. The van der Waals surface area contributed by atoms with E-state index in [1.54, 1.807) is 0 Å². The number of unbranched alkanes of at least 4 members (excludes halogenated alkanes) is 1. The number of ether oxygens (including phenoxy) is 2. The summed E-state index contributed by atoms with van der Waals surface area (Å²) in [4.78, 5) is 21.4. The molecule has 0 rings (SSSR count). The summed E-state index contributed by atoms with van der Waals surface area (Å²) in [6, 6.07) is 0. The third kappa shape index (κ3) is 5.53.